The van der Waals surface area contributed by atoms with Crippen molar-refractivity contribution in [2.75, 3.05) is 13.1 Å². The summed E-state index contributed by atoms with van der Waals surface area (Å²) in [4.78, 5) is 2.56. The highest BCUT2D eigenvalue weighted by Gasteiger charge is 2.37. The zero-order chi connectivity index (χ0) is 14.9. The van der Waals surface area contributed by atoms with Gasteiger partial charge in [-0.15, -0.1) is 0 Å². The van der Waals surface area contributed by atoms with Gasteiger partial charge in [-0.05, 0) is 55.3 Å². The topological polar surface area (TPSA) is 23.5 Å². The van der Waals surface area contributed by atoms with Crippen LogP contribution in [0.15, 0.2) is 24.3 Å². The van der Waals surface area contributed by atoms with Gasteiger partial charge in [0.25, 0.3) is 0 Å². The van der Waals surface area contributed by atoms with E-state index in [1.54, 1.807) is 0 Å². The van der Waals surface area contributed by atoms with Crippen LogP contribution in [-0.2, 0) is 6.42 Å². The third-order valence-electron chi connectivity index (χ3n) is 6.28. The molecule has 116 valence electrons. The Hall–Kier alpha value is -0.860. The van der Waals surface area contributed by atoms with Gasteiger partial charge in [-0.3, -0.25) is 4.90 Å². The maximum atomic E-state index is 10.8. The fourth-order valence-electron chi connectivity index (χ4n) is 4.39. The normalized spacial score (nSPS) is 29.1. The smallest absolute Gasteiger partial charge is 0.0947 e. The molecule has 3 rings (SSSR count). The van der Waals surface area contributed by atoms with Crippen LogP contribution in [0.3, 0.4) is 0 Å². The van der Waals surface area contributed by atoms with Gasteiger partial charge in [0.1, 0.15) is 0 Å². The van der Waals surface area contributed by atoms with E-state index < -0.39 is 0 Å². The molecule has 1 saturated heterocycles. The lowest BCUT2D eigenvalue weighted by Gasteiger charge is -2.46. The number of aryl methyl sites for hydroxylation is 1. The molecule has 1 aromatic rings. The number of benzene rings is 1. The number of rotatable bonds is 3. The van der Waals surface area contributed by atoms with Crippen LogP contribution in [0.2, 0.25) is 0 Å². The van der Waals surface area contributed by atoms with Crippen molar-refractivity contribution in [3.8, 4) is 0 Å². The molecule has 1 aliphatic carbocycles. The van der Waals surface area contributed by atoms with E-state index in [0.29, 0.717) is 11.5 Å². The molecule has 2 nitrogen and oxygen atoms in total. The zero-order valence-electron chi connectivity index (χ0n) is 13.5. The van der Waals surface area contributed by atoms with Crippen molar-refractivity contribution in [2.24, 2.45) is 5.41 Å². The van der Waals surface area contributed by atoms with Crippen LogP contribution in [0.5, 0.6) is 0 Å². The van der Waals surface area contributed by atoms with Gasteiger partial charge in [0.15, 0.2) is 0 Å². The van der Waals surface area contributed by atoms with Gasteiger partial charge >= 0.3 is 0 Å². The quantitative estimate of drug-likeness (QED) is 0.910. The van der Waals surface area contributed by atoms with E-state index in [1.165, 1.54) is 31.2 Å². The van der Waals surface area contributed by atoms with Gasteiger partial charge in [0.2, 0.25) is 0 Å². The average molecular weight is 287 g/mol. The van der Waals surface area contributed by atoms with Crippen LogP contribution >= 0.6 is 0 Å². The number of hydrogen-bond donors (Lipinski definition) is 1. The Labute approximate surface area is 129 Å². The molecule has 1 aromatic carbocycles. The summed E-state index contributed by atoms with van der Waals surface area (Å²) in [6, 6.07) is 8.75. The van der Waals surface area contributed by atoms with Crippen molar-refractivity contribution in [3.05, 3.63) is 35.4 Å². The predicted molar refractivity (Wildman–Crippen MR) is 87.3 cm³/mol. The van der Waals surface area contributed by atoms with Crippen molar-refractivity contribution >= 4 is 0 Å². The number of piperidine rings is 1. The number of fused-ring (bicyclic) bond motifs is 1. The summed E-state index contributed by atoms with van der Waals surface area (Å²) < 4.78 is 0. The summed E-state index contributed by atoms with van der Waals surface area (Å²) in [6.07, 6.45) is 7.10. The molecule has 0 amide bonds. The van der Waals surface area contributed by atoms with Crippen LogP contribution in [0.25, 0.3) is 0 Å². The van der Waals surface area contributed by atoms with Crippen LogP contribution in [0.4, 0.5) is 0 Å². The zero-order valence-corrected chi connectivity index (χ0v) is 13.5. The lowest BCUT2D eigenvalue weighted by Crippen LogP contribution is -2.48. The molecule has 2 aliphatic rings. The molecule has 1 heterocycles. The number of hydrogen-bond acceptors (Lipinski definition) is 2. The molecule has 1 N–H and O–H groups in total. The molecule has 21 heavy (non-hydrogen) atoms. The highest BCUT2D eigenvalue weighted by atomic mass is 16.3. The maximum Gasteiger partial charge on any atom is 0.0947 e. The van der Waals surface area contributed by atoms with E-state index in [-0.39, 0.29) is 6.10 Å². The molecular weight excluding hydrogens is 258 g/mol. The molecule has 0 spiro atoms. The largest absolute Gasteiger partial charge is 0.387 e. The lowest BCUT2D eigenvalue weighted by molar-refractivity contribution is -0.00374. The summed E-state index contributed by atoms with van der Waals surface area (Å²) in [6.45, 7) is 6.99. The molecule has 1 fully saturated rings. The highest BCUT2D eigenvalue weighted by Crippen LogP contribution is 2.41. The Morgan fingerprint density at radius 3 is 2.48 bits per heavy atom. The predicted octanol–water partition coefficient (Wildman–Crippen LogP) is 3.94. The van der Waals surface area contributed by atoms with Crippen LogP contribution in [0.1, 0.15) is 63.2 Å². The minimum Gasteiger partial charge on any atom is -0.387 e. The molecule has 0 saturated carbocycles. The molecule has 2 unspecified atom stereocenters. The van der Waals surface area contributed by atoms with Crippen molar-refractivity contribution in [1.82, 2.24) is 4.90 Å². The standard InChI is InChI=1S/C19H29NO/c1-3-19(4-2)11-13-20(14-12-19)17-10-9-15-7-5-6-8-16(15)18(17)21/h5-8,17-18,21H,3-4,9-14H2,1-2H3. The van der Waals surface area contributed by atoms with Crippen LogP contribution in [0, 0.1) is 5.41 Å². The van der Waals surface area contributed by atoms with Gasteiger partial charge in [0, 0.05) is 6.04 Å². The summed E-state index contributed by atoms with van der Waals surface area (Å²) in [5.74, 6) is 0. The van der Waals surface area contributed by atoms with Gasteiger partial charge < -0.3 is 5.11 Å². The van der Waals surface area contributed by atoms with Gasteiger partial charge in [-0.2, -0.15) is 0 Å². The number of nitrogens with zero attached hydrogens (tertiary/aromatic N) is 1. The number of aliphatic hydroxyl groups is 1. The highest BCUT2D eigenvalue weighted by molar-refractivity contribution is 5.32. The molecule has 1 aliphatic heterocycles. The monoisotopic (exact) mass is 287 g/mol. The molecular formula is C19H29NO. The maximum absolute atomic E-state index is 10.8. The van der Waals surface area contributed by atoms with Gasteiger partial charge in [-0.1, -0.05) is 51.0 Å². The Kier molecular flexibility index (Phi) is 4.37. The Balaban J connectivity index is 1.70. The molecule has 2 heteroatoms. The first-order valence-electron chi connectivity index (χ1n) is 8.69. The second-order valence-electron chi connectivity index (χ2n) is 6.99. The first-order valence-corrected chi connectivity index (χ1v) is 8.69. The fraction of sp³-hybridized carbons (Fsp3) is 0.684. The van der Waals surface area contributed by atoms with E-state index in [0.717, 1.165) is 31.5 Å². The second kappa shape index (κ2) is 6.10. The Morgan fingerprint density at radius 1 is 1.14 bits per heavy atom. The second-order valence-corrected chi connectivity index (χ2v) is 6.99. The van der Waals surface area contributed by atoms with Crippen LogP contribution in [-0.4, -0.2) is 29.1 Å². The summed E-state index contributed by atoms with van der Waals surface area (Å²) in [5.41, 5.74) is 3.07. The van der Waals surface area contributed by atoms with Crippen LogP contribution < -0.4 is 0 Å². The van der Waals surface area contributed by atoms with E-state index in [4.69, 9.17) is 0 Å². The molecule has 0 aromatic heterocycles. The van der Waals surface area contributed by atoms with E-state index in [9.17, 15) is 5.11 Å². The van der Waals surface area contributed by atoms with E-state index >= 15 is 0 Å². The van der Waals surface area contributed by atoms with Crippen molar-refractivity contribution in [3.63, 3.8) is 0 Å². The molecule has 2 atom stereocenters. The fourth-order valence-corrected chi connectivity index (χ4v) is 4.39. The Morgan fingerprint density at radius 2 is 1.81 bits per heavy atom. The summed E-state index contributed by atoms with van der Waals surface area (Å²) in [5, 5.41) is 10.8. The minimum absolute atomic E-state index is 0.300. The third-order valence-corrected chi connectivity index (χ3v) is 6.28. The first kappa shape index (κ1) is 15.1. The van der Waals surface area contributed by atoms with Gasteiger partial charge in [0.05, 0.1) is 6.10 Å². The minimum atomic E-state index is -0.300. The molecule has 0 bridgehead atoms. The SMILES string of the molecule is CCC1(CC)CCN(C2CCc3ccccc3C2O)CC1. The summed E-state index contributed by atoms with van der Waals surface area (Å²) >= 11 is 0. The third kappa shape index (κ3) is 2.76. The Bertz CT molecular complexity index is 470. The van der Waals surface area contributed by atoms with Crippen molar-refractivity contribution in [1.29, 1.82) is 0 Å². The summed E-state index contributed by atoms with van der Waals surface area (Å²) in [7, 11) is 0. The van der Waals surface area contributed by atoms with E-state index in [2.05, 4.69) is 43.0 Å². The lowest BCUT2D eigenvalue weighted by atomic mass is 9.73. The molecule has 0 radical (unpaired) electrons. The van der Waals surface area contributed by atoms with E-state index in [1.807, 2.05) is 0 Å². The van der Waals surface area contributed by atoms with Gasteiger partial charge in [-0.25, -0.2) is 0 Å². The number of likely N-dealkylation sites (tertiary alicyclic amines) is 1. The van der Waals surface area contributed by atoms with Crippen molar-refractivity contribution in [2.45, 2.75) is 64.5 Å². The average Bonchev–Trinajstić information content (AvgIpc) is 2.56. The van der Waals surface area contributed by atoms with Crippen molar-refractivity contribution < 1.29 is 5.11 Å². The number of aliphatic hydroxyl groups excluding tert-OH is 1. The first-order chi connectivity index (χ1) is 10.2.